The molecule has 8 nitrogen and oxygen atoms in total. The molecule has 2 aromatic heterocycles. The maximum absolute atomic E-state index is 15.7. The molecule has 41 heavy (non-hydrogen) atoms. The summed E-state index contributed by atoms with van der Waals surface area (Å²) in [5.74, 6) is -3.37. The fourth-order valence-electron chi connectivity index (χ4n) is 6.60. The Bertz CT molecular complexity index is 1640. The Labute approximate surface area is 237 Å². The van der Waals surface area contributed by atoms with Crippen molar-refractivity contribution < 1.29 is 8.78 Å². The van der Waals surface area contributed by atoms with Crippen molar-refractivity contribution in [3.05, 3.63) is 67.9 Å². The Kier molecular flexibility index (Phi) is 6.97. The van der Waals surface area contributed by atoms with E-state index in [9.17, 15) is 14.9 Å². The molecule has 6 aliphatic rings. The van der Waals surface area contributed by atoms with Crippen LogP contribution in [0.2, 0.25) is 0 Å². The number of pyridine rings is 1. The molecule has 1 saturated carbocycles. The number of benzene rings is 1. The van der Waals surface area contributed by atoms with Gasteiger partial charge in [0, 0.05) is 36.7 Å². The topological polar surface area (TPSA) is 96.0 Å². The van der Waals surface area contributed by atoms with Gasteiger partial charge in [-0.2, -0.15) is 10.2 Å². The fourth-order valence-corrected chi connectivity index (χ4v) is 6.60. The van der Waals surface area contributed by atoms with Crippen LogP contribution in [0.15, 0.2) is 39.9 Å². The highest BCUT2D eigenvalue weighted by Gasteiger charge is 2.47. The zero-order chi connectivity index (χ0) is 28.9. The number of nitrogens with one attached hydrogen (secondary N) is 1. The number of anilines is 1. The number of aromatic nitrogens is 3. The van der Waals surface area contributed by atoms with Crippen molar-refractivity contribution in [2.75, 3.05) is 25.0 Å². The lowest BCUT2D eigenvalue weighted by Crippen LogP contribution is -2.40. The molecular formula is C31H36F2N6O2. The van der Waals surface area contributed by atoms with Gasteiger partial charge in [-0.25, -0.2) is 13.6 Å². The number of hydrogen-bond donors (Lipinski definition) is 1. The molecule has 1 aliphatic carbocycles. The highest BCUT2D eigenvalue weighted by Crippen LogP contribution is 2.47. The third kappa shape index (κ3) is 4.84. The van der Waals surface area contributed by atoms with E-state index in [0.717, 1.165) is 25.8 Å². The van der Waals surface area contributed by atoms with E-state index in [2.05, 4.69) is 21.3 Å². The second-order valence-electron chi connectivity index (χ2n) is 12.0. The molecule has 1 saturated heterocycles. The van der Waals surface area contributed by atoms with Gasteiger partial charge >= 0.3 is 5.69 Å². The normalized spacial score (nSPS) is 25.5. The number of halogens is 2. The number of aryl methyl sites for hydroxylation is 2. The summed E-state index contributed by atoms with van der Waals surface area (Å²) in [4.78, 5) is 33.5. The molecule has 0 spiro atoms. The molecule has 1 aromatic carbocycles. The lowest BCUT2D eigenvalue weighted by molar-refractivity contribution is -0.0855. The zero-order valence-corrected chi connectivity index (χ0v) is 23.6. The smallest absolute Gasteiger partial charge is 0.351 e. The zero-order valence-electron chi connectivity index (χ0n) is 23.6. The number of nitriles is 1. The van der Waals surface area contributed by atoms with Crippen molar-refractivity contribution in [2.45, 2.75) is 75.8 Å². The molecule has 216 valence electrons. The molecule has 9 rings (SSSR count). The quantitative estimate of drug-likeness (QED) is 0.457. The monoisotopic (exact) mass is 562 g/mol. The van der Waals surface area contributed by atoms with Crippen molar-refractivity contribution in [2.24, 2.45) is 13.0 Å². The summed E-state index contributed by atoms with van der Waals surface area (Å²) >= 11 is 0. The molecule has 10 heteroatoms. The van der Waals surface area contributed by atoms with Gasteiger partial charge in [-0.05, 0) is 82.8 Å². The van der Waals surface area contributed by atoms with Gasteiger partial charge < -0.3 is 10.2 Å². The first-order valence-electron chi connectivity index (χ1n) is 14.7. The first-order valence-corrected chi connectivity index (χ1v) is 14.7. The third-order valence-electron chi connectivity index (χ3n) is 9.39. The van der Waals surface area contributed by atoms with Crippen molar-refractivity contribution in [1.82, 2.24) is 19.0 Å². The van der Waals surface area contributed by atoms with Gasteiger partial charge in [0.15, 0.2) is 0 Å². The molecule has 3 aromatic rings. The van der Waals surface area contributed by atoms with Crippen LogP contribution in [-0.2, 0) is 24.9 Å². The summed E-state index contributed by atoms with van der Waals surface area (Å²) in [6, 6.07) is 10.1. The van der Waals surface area contributed by atoms with E-state index in [-0.39, 0.29) is 16.9 Å². The number of alkyl halides is 2. The molecule has 1 N–H and O–H groups in total. The lowest BCUT2D eigenvalue weighted by atomic mass is 9.85. The number of hydrogen-bond acceptors (Lipinski definition) is 6. The van der Waals surface area contributed by atoms with E-state index >= 15 is 8.78 Å². The van der Waals surface area contributed by atoms with E-state index in [1.807, 2.05) is 6.92 Å². The average molecular weight is 563 g/mol. The second kappa shape index (κ2) is 10.4. The van der Waals surface area contributed by atoms with Crippen molar-refractivity contribution in [3.63, 3.8) is 0 Å². The van der Waals surface area contributed by atoms with E-state index in [0.29, 0.717) is 67.5 Å². The van der Waals surface area contributed by atoms with E-state index in [1.165, 1.54) is 10.6 Å². The van der Waals surface area contributed by atoms with Crippen LogP contribution in [-0.4, -0.2) is 38.7 Å². The van der Waals surface area contributed by atoms with Crippen molar-refractivity contribution in [3.8, 4) is 6.07 Å². The lowest BCUT2D eigenvalue weighted by Gasteiger charge is -2.36. The van der Waals surface area contributed by atoms with Crippen LogP contribution in [0.1, 0.15) is 74.6 Å². The second-order valence-corrected chi connectivity index (χ2v) is 12.0. The van der Waals surface area contributed by atoms with Crippen LogP contribution in [0.5, 0.6) is 0 Å². The van der Waals surface area contributed by atoms with Crippen LogP contribution in [0, 0.1) is 17.2 Å². The van der Waals surface area contributed by atoms with Gasteiger partial charge in [0.1, 0.15) is 11.5 Å². The highest BCUT2D eigenvalue weighted by atomic mass is 19.3. The average Bonchev–Trinajstić information content (AvgIpc) is 3.77. The van der Waals surface area contributed by atoms with Crippen LogP contribution < -0.4 is 16.6 Å². The van der Waals surface area contributed by atoms with Gasteiger partial charge in [-0.15, -0.1) is 0 Å². The minimum absolute atomic E-state index is 0.00243. The molecule has 0 amide bonds. The van der Waals surface area contributed by atoms with E-state index < -0.39 is 29.0 Å². The van der Waals surface area contributed by atoms with Crippen LogP contribution in [0.25, 0.3) is 11.0 Å². The largest absolute Gasteiger partial charge is 0.363 e. The Hall–Kier alpha value is -3.58. The van der Waals surface area contributed by atoms with Gasteiger partial charge in [0.25, 0.3) is 11.5 Å². The highest BCUT2D eigenvalue weighted by molar-refractivity contribution is 5.88. The molecule has 1 atom stereocenters. The fraction of sp³-hybridized carbons (Fsp3) is 0.548. The number of piperidine rings is 1. The molecule has 0 radical (unpaired) electrons. The molecule has 5 aliphatic heterocycles. The predicted octanol–water partition coefficient (Wildman–Crippen LogP) is 4.81. The number of rotatable bonds is 1. The minimum atomic E-state index is -2.95. The summed E-state index contributed by atoms with van der Waals surface area (Å²) in [6.07, 6.45) is 4.61. The van der Waals surface area contributed by atoms with Gasteiger partial charge in [-0.3, -0.25) is 13.9 Å². The van der Waals surface area contributed by atoms with Crippen molar-refractivity contribution in [1.29, 1.82) is 5.26 Å². The molecule has 6 bridgehead atoms. The van der Waals surface area contributed by atoms with Crippen LogP contribution in [0.3, 0.4) is 0 Å². The summed E-state index contributed by atoms with van der Waals surface area (Å²) < 4.78 is 34.5. The Morgan fingerprint density at radius 2 is 1.78 bits per heavy atom. The molecule has 2 fully saturated rings. The van der Waals surface area contributed by atoms with E-state index in [4.69, 9.17) is 0 Å². The maximum Gasteiger partial charge on any atom is 0.351 e. The van der Waals surface area contributed by atoms with Crippen molar-refractivity contribution >= 4 is 16.9 Å². The molecular weight excluding hydrogens is 526 g/mol. The molecule has 0 unspecified atom stereocenters. The first kappa shape index (κ1) is 27.6. The number of nitrogens with zero attached hydrogens (tertiary/aromatic N) is 5. The molecule has 7 heterocycles. The Morgan fingerprint density at radius 3 is 2.49 bits per heavy atom. The Balaban J connectivity index is 1.49. The standard InChI is InChI=1S/C31H36F2N6O2/c1-20-21-7-6-8-23(17-21)31(32,33)22-9-15-38(16-10-22)13-4-3-5-14-39-27-24(26(35-20)36-29(39)41)18-25(28(40)37(27)2)30(19-34)11-12-30/h6-8,17-18,20,22H,3-5,9-16H2,1-2H3,(H,35,36,41)/t20-/m1/s1. The first-order chi connectivity index (χ1) is 19.6. The van der Waals surface area contributed by atoms with Crippen LogP contribution in [0.4, 0.5) is 14.6 Å². The predicted molar refractivity (Wildman–Crippen MR) is 153 cm³/mol. The van der Waals surface area contributed by atoms with Gasteiger partial charge in [0.2, 0.25) is 0 Å². The third-order valence-corrected chi connectivity index (χ3v) is 9.39. The summed E-state index contributed by atoms with van der Waals surface area (Å²) in [5.41, 5.74) is -0.0814. The SMILES string of the molecule is C[C@H]1Nc2nc(=O)n(c3c2cc(C2(C#N)CC2)c(=O)n3C)CCCCCN2CCC(CC2)C(F)(F)c2cccc1c2. The van der Waals surface area contributed by atoms with E-state index in [1.54, 1.807) is 35.9 Å². The van der Waals surface area contributed by atoms with Gasteiger partial charge in [0.05, 0.1) is 16.9 Å². The summed E-state index contributed by atoms with van der Waals surface area (Å²) in [7, 11) is 1.63. The Morgan fingerprint density at radius 1 is 1.05 bits per heavy atom. The maximum atomic E-state index is 15.7. The van der Waals surface area contributed by atoms with Gasteiger partial charge in [-0.1, -0.05) is 24.6 Å². The summed E-state index contributed by atoms with van der Waals surface area (Å²) in [6.45, 7) is 4.39. The minimum Gasteiger partial charge on any atom is -0.363 e. The van der Waals surface area contributed by atoms with Crippen LogP contribution >= 0.6 is 0 Å². The summed E-state index contributed by atoms with van der Waals surface area (Å²) in [5, 5.41) is 13.7.